The summed E-state index contributed by atoms with van der Waals surface area (Å²) in [6.07, 6.45) is 0. The summed E-state index contributed by atoms with van der Waals surface area (Å²) in [6.45, 7) is 3.61. The monoisotopic (exact) mass is 194 g/mol. The number of rotatable bonds is 1. The highest BCUT2D eigenvalue weighted by Crippen LogP contribution is 2.12. The highest BCUT2D eigenvalue weighted by molar-refractivity contribution is 6.17. The van der Waals surface area contributed by atoms with Crippen LogP contribution < -0.4 is 11.2 Å². The van der Waals surface area contributed by atoms with E-state index in [1.807, 2.05) is 6.92 Å². The van der Waals surface area contributed by atoms with Gasteiger partial charge in [-0.25, -0.2) is 10.4 Å². The molecule has 74 valence electrons. The van der Waals surface area contributed by atoms with Gasteiger partial charge in [-0.15, -0.1) is 0 Å². The molecule has 1 amide bonds. The van der Waals surface area contributed by atoms with Gasteiger partial charge in [0.1, 0.15) is 17.5 Å². The minimum atomic E-state index is -0.785. The van der Waals surface area contributed by atoms with Gasteiger partial charge in [0.25, 0.3) is 5.91 Å². The van der Waals surface area contributed by atoms with Crippen molar-refractivity contribution in [2.24, 2.45) is 10.8 Å². The number of nitrogens with zero attached hydrogens (tertiary/aromatic N) is 2. The van der Waals surface area contributed by atoms with Crippen LogP contribution in [-0.2, 0) is 4.79 Å². The summed E-state index contributed by atoms with van der Waals surface area (Å²) in [7, 11) is 0. The van der Waals surface area contributed by atoms with Gasteiger partial charge in [0.15, 0.2) is 0 Å². The second-order valence-corrected chi connectivity index (χ2v) is 3.11. The molecule has 14 heavy (non-hydrogen) atoms. The van der Waals surface area contributed by atoms with E-state index >= 15 is 0 Å². The second kappa shape index (κ2) is 2.91. The third-order valence-corrected chi connectivity index (χ3v) is 2.11. The molecule has 0 bridgehead atoms. The maximum Gasteiger partial charge on any atom is 0.263 e. The molecule has 0 spiro atoms. The number of carbonyl (C=O) groups excluding carboxylic acids is 1. The van der Waals surface area contributed by atoms with Crippen molar-refractivity contribution < 1.29 is 9.21 Å². The molecule has 0 fully saturated rings. The molecule has 1 aliphatic heterocycles. The zero-order valence-electron chi connectivity index (χ0n) is 7.87. The summed E-state index contributed by atoms with van der Waals surface area (Å²) >= 11 is 0. The van der Waals surface area contributed by atoms with E-state index in [9.17, 15) is 4.79 Å². The quantitative estimate of drug-likeness (QED) is 0.627. The molecule has 1 aliphatic rings. The lowest BCUT2D eigenvalue weighted by Crippen LogP contribution is -2.37. The van der Waals surface area contributed by atoms with Gasteiger partial charge in [-0.2, -0.15) is 5.10 Å². The number of hydrogen-bond donors (Lipinski definition) is 2. The first kappa shape index (κ1) is 8.89. The van der Waals surface area contributed by atoms with Crippen LogP contribution in [0.5, 0.6) is 0 Å². The molecule has 0 aliphatic carbocycles. The van der Waals surface area contributed by atoms with Gasteiger partial charge in [0, 0.05) is 0 Å². The Balaban J connectivity index is 2.37. The summed E-state index contributed by atoms with van der Waals surface area (Å²) in [5.74, 6) is 0.675. The van der Waals surface area contributed by atoms with Crippen molar-refractivity contribution in [3.8, 4) is 0 Å². The van der Waals surface area contributed by atoms with Crippen LogP contribution in [0.4, 0.5) is 0 Å². The SMILES string of the molecule is Cc1nc(C2=NNC(=O)C2N)oc1C. The fourth-order valence-corrected chi connectivity index (χ4v) is 1.14. The Morgan fingerprint density at radius 1 is 1.50 bits per heavy atom. The lowest BCUT2D eigenvalue weighted by atomic mass is 10.2. The van der Waals surface area contributed by atoms with Gasteiger partial charge in [-0.1, -0.05) is 0 Å². The first-order valence-corrected chi connectivity index (χ1v) is 4.17. The molecule has 6 heteroatoms. The van der Waals surface area contributed by atoms with Crippen molar-refractivity contribution in [2.75, 3.05) is 0 Å². The van der Waals surface area contributed by atoms with E-state index < -0.39 is 6.04 Å². The Morgan fingerprint density at radius 3 is 2.64 bits per heavy atom. The molecule has 1 unspecified atom stereocenters. The average molecular weight is 194 g/mol. The predicted octanol–water partition coefficient (Wildman–Crippen LogP) is -0.547. The van der Waals surface area contributed by atoms with E-state index in [0.29, 0.717) is 17.4 Å². The van der Waals surface area contributed by atoms with E-state index in [0.717, 1.165) is 5.69 Å². The molecule has 0 saturated heterocycles. The lowest BCUT2D eigenvalue weighted by Gasteiger charge is -1.98. The van der Waals surface area contributed by atoms with E-state index in [1.54, 1.807) is 6.92 Å². The number of hydrazone groups is 1. The van der Waals surface area contributed by atoms with Gasteiger partial charge in [0.2, 0.25) is 5.89 Å². The average Bonchev–Trinajstić information content (AvgIpc) is 2.61. The van der Waals surface area contributed by atoms with E-state index in [4.69, 9.17) is 10.2 Å². The van der Waals surface area contributed by atoms with Crippen LogP contribution in [0.1, 0.15) is 17.3 Å². The summed E-state index contributed by atoms with van der Waals surface area (Å²) in [5, 5.41) is 3.76. The van der Waals surface area contributed by atoms with Crippen LogP contribution in [-0.4, -0.2) is 22.6 Å². The minimum Gasteiger partial charge on any atom is -0.440 e. The molecule has 2 heterocycles. The topological polar surface area (TPSA) is 93.5 Å². The Morgan fingerprint density at radius 2 is 2.21 bits per heavy atom. The normalized spacial score (nSPS) is 20.9. The van der Waals surface area contributed by atoms with Gasteiger partial charge in [-0.3, -0.25) is 4.79 Å². The van der Waals surface area contributed by atoms with Crippen molar-refractivity contribution in [1.29, 1.82) is 0 Å². The number of amides is 1. The fraction of sp³-hybridized carbons (Fsp3) is 0.375. The Bertz CT molecular complexity index is 401. The van der Waals surface area contributed by atoms with Crippen LogP contribution in [0.25, 0.3) is 0 Å². The van der Waals surface area contributed by atoms with Crippen molar-refractivity contribution in [3.05, 3.63) is 17.3 Å². The maximum atomic E-state index is 11.0. The first-order valence-electron chi connectivity index (χ1n) is 4.17. The molecule has 1 atom stereocenters. The molecular formula is C8H10N4O2. The molecule has 0 aromatic carbocycles. The van der Waals surface area contributed by atoms with Crippen LogP contribution >= 0.6 is 0 Å². The molecule has 1 aromatic heterocycles. The van der Waals surface area contributed by atoms with Gasteiger partial charge in [-0.05, 0) is 13.8 Å². The molecule has 6 nitrogen and oxygen atoms in total. The zero-order chi connectivity index (χ0) is 10.3. The van der Waals surface area contributed by atoms with E-state index in [2.05, 4.69) is 15.5 Å². The number of oxazole rings is 1. The maximum absolute atomic E-state index is 11.0. The van der Waals surface area contributed by atoms with Crippen LogP contribution in [0.15, 0.2) is 9.52 Å². The molecule has 0 saturated carbocycles. The number of hydrogen-bond acceptors (Lipinski definition) is 5. The number of nitrogens with two attached hydrogens (primary N) is 1. The van der Waals surface area contributed by atoms with Crippen molar-refractivity contribution in [2.45, 2.75) is 19.9 Å². The van der Waals surface area contributed by atoms with Gasteiger partial charge < -0.3 is 10.2 Å². The third kappa shape index (κ3) is 1.20. The molecule has 0 radical (unpaired) electrons. The van der Waals surface area contributed by atoms with Gasteiger partial charge in [0.05, 0.1) is 5.69 Å². The highest BCUT2D eigenvalue weighted by atomic mass is 16.4. The Labute approximate surface area is 80.2 Å². The molecule has 2 rings (SSSR count). The highest BCUT2D eigenvalue weighted by Gasteiger charge is 2.30. The van der Waals surface area contributed by atoms with E-state index in [1.165, 1.54) is 0 Å². The van der Waals surface area contributed by atoms with Gasteiger partial charge >= 0.3 is 0 Å². The number of aryl methyl sites for hydroxylation is 2. The lowest BCUT2D eigenvalue weighted by molar-refractivity contribution is -0.120. The number of carbonyl (C=O) groups is 1. The van der Waals surface area contributed by atoms with Crippen molar-refractivity contribution in [3.63, 3.8) is 0 Å². The van der Waals surface area contributed by atoms with Crippen LogP contribution in [0, 0.1) is 13.8 Å². The standard InChI is InChI=1S/C8H10N4O2/c1-3-4(2)14-8(10-3)6-5(9)7(13)12-11-6/h5H,9H2,1-2H3,(H,12,13). The molecule has 3 N–H and O–H groups in total. The zero-order valence-corrected chi connectivity index (χ0v) is 7.87. The Hall–Kier alpha value is -1.69. The summed E-state index contributed by atoms with van der Waals surface area (Å²) in [5.41, 5.74) is 8.97. The predicted molar refractivity (Wildman–Crippen MR) is 48.6 cm³/mol. The van der Waals surface area contributed by atoms with Crippen LogP contribution in [0.3, 0.4) is 0 Å². The third-order valence-electron chi connectivity index (χ3n) is 2.11. The summed E-state index contributed by atoms with van der Waals surface area (Å²) in [6, 6.07) is -0.785. The Kier molecular flexibility index (Phi) is 1.85. The smallest absolute Gasteiger partial charge is 0.263 e. The molecular weight excluding hydrogens is 184 g/mol. The van der Waals surface area contributed by atoms with Crippen molar-refractivity contribution >= 4 is 11.6 Å². The second-order valence-electron chi connectivity index (χ2n) is 3.11. The van der Waals surface area contributed by atoms with E-state index in [-0.39, 0.29) is 5.91 Å². The first-order chi connectivity index (χ1) is 6.59. The number of aromatic nitrogens is 1. The van der Waals surface area contributed by atoms with Crippen molar-refractivity contribution in [1.82, 2.24) is 10.4 Å². The largest absolute Gasteiger partial charge is 0.440 e. The summed E-state index contributed by atoms with van der Waals surface area (Å²) < 4.78 is 5.30. The number of nitrogens with one attached hydrogen (secondary N) is 1. The summed E-state index contributed by atoms with van der Waals surface area (Å²) in [4.78, 5) is 15.1. The minimum absolute atomic E-state index is 0.311. The van der Waals surface area contributed by atoms with Crippen LogP contribution in [0.2, 0.25) is 0 Å². The fourth-order valence-electron chi connectivity index (χ4n) is 1.14. The molecule has 1 aromatic rings.